The average molecular weight is 388 g/mol. The topological polar surface area (TPSA) is 134 Å². The second kappa shape index (κ2) is 12.1. The van der Waals surface area contributed by atoms with Crippen LogP contribution in [0.3, 0.4) is 0 Å². The number of benzene rings is 2. The Kier molecular flexibility index (Phi) is 11.0. The zero-order valence-corrected chi connectivity index (χ0v) is 17.3. The van der Waals surface area contributed by atoms with Gasteiger partial charge in [-0.15, -0.1) is 0 Å². The Morgan fingerprint density at radius 2 is 1.44 bits per heavy atom. The van der Waals surface area contributed by atoms with Crippen molar-refractivity contribution in [3.63, 3.8) is 0 Å². The van der Waals surface area contributed by atoms with Gasteiger partial charge in [-0.2, -0.15) is 0 Å². The molecule has 27 heavy (non-hydrogen) atoms. The van der Waals surface area contributed by atoms with Gasteiger partial charge in [0.25, 0.3) is 0 Å². The number of methoxy groups -OCH3 is 1. The van der Waals surface area contributed by atoms with Gasteiger partial charge in [0, 0.05) is 0 Å². The van der Waals surface area contributed by atoms with Crippen molar-refractivity contribution in [2.24, 2.45) is 0 Å². The smallest absolute Gasteiger partial charge is 1.00 e. The molecule has 2 aromatic rings. The molecule has 9 heteroatoms. The first kappa shape index (κ1) is 24.6. The number of esters is 2. The molecule has 0 aliphatic carbocycles. The van der Waals surface area contributed by atoms with Crippen molar-refractivity contribution < 1.29 is 70.5 Å². The first-order valence-electron chi connectivity index (χ1n) is 7.59. The molecular weight excluding hydrogens is 367 g/mol. The van der Waals surface area contributed by atoms with Crippen molar-refractivity contribution in [2.45, 2.75) is 13.3 Å². The standard InChI is InChI=1S/C10H12O5.C8H8O3.Na.H/c1-2-3-15-10(14)6-4-7(11)9(13)8(12)5-6;1-11-8(10)6-2-4-7(9)5-3-6;;/h4-5,11-13H,2-3H2,1H3;2-5,9H,1H3;;/q;;+1;-1. The zero-order valence-electron chi connectivity index (χ0n) is 16.3. The number of carbonyl (C=O) groups excluding carboxylic acids is 2. The summed E-state index contributed by atoms with van der Waals surface area (Å²) in [4.78, 5) is 22.1. The number of hydrogen-bond acceptors (Lipinski definition) is 8. The predicted molar refractivity (Wildman–Crippen MR) is 92.6 cm³/mol. The molecule has 0 fully saturated rings. The van der Waals surface area contributed by atoms with Crippen LogP contribution in [0.5, 0.6) is 23.0 Å². The fraction of sp³-hybridized carbons (Fsp3) is 0.222. The Balaban J connectivity index is 0. The summed E-state index contributed by atoms with van der Waals surface area (Å²) in [7, 11) is 1.31. The molecule has 4 N–H and O–H groups in total. The summed E-state index contributed by atoms with van der Waals surface area (Å²) in [6.45, 7) is 2.11. The minimum Gasteiger partial charge on any atom is -1.00 e. The molecule has 142 valence electrons. The fourth-order valence-electron chi connectivity index (χ4n) is 1.72. The third-order valence-corrected chi connectivity index (χ3v) is 3.03. The van der Waals surface area contributed by atoms with Crippen LogP contribution in [0, 0.1) is 0 Å². The van der Waals surface area contributed by atoms with Crippen molar-refractivity contribution in [1.29, 1.82) is 0 Å². The number of rotatable bonds is 4. The second-order valence-corrected chi connectivity index (χ2v) is 5.04. The van der Waals surface area contributed by atoms with Crippen LogP contribution in [0.15, 0.2) is 36.4 Å². The number of aromatic hydroxyl groups is 4. The molecule has 0 amide bonds. The largest absolute Gasteiger partial charge is 1.00 e. The summed E-state index contributed by atoms with van der Waals surface area (Å²) in [5.74, 6) is -2.68. The second-order valence-electron chi connectivity index (χ2n) is 5.04. The molecule has 2 rings (SSSR count). The van der Waals surface area contributed by atoms with E-state index in [1.54, 1.807) is 0 Å². The Hall–Kier alpha value is -2.42. The molecule has 0 spiro atoms. The van der Waals surface area contributed by atoms with Crippen LogP contribution in [0.4, 0.5) is 0 Å². The molecule has 0 atom stereocenters. The molecule has 0 saturated heterocycles. The summed E-state index contributed by atoms with van der Waals surface area (Å²) in [6.07, 6.45) is 0.682. The SMILES string of the molecule is CCCOC(=O)c1cc(O)c(O)c(O)c1.COC(=O)c1ccc(O)cc1.[H-].[Na+]. The van der Waals surface area contributed by atoms with Crippen molar-refractivity contribution in [3.8, 4) is 23.0 Å². The van der Waals surface area contributed by atoms with Gasteiger partial charge in [0.1, 0.15) is 5.75 Å². The quantitative estimate of drug-likeness (QED) is 0.318. The summed E-state index contributed by atoms with van der Waals surface area (Å²) < 4.78 is 9.24. The minimum atomic E-state index is -0.651. The normalized spacial score (nSPS) is 9.26. The predicted octanol–water partition coefficient (Wildman–Crippen LogP) is -0.335. The van der Waals surface area contributed by atoms with Crippen LogP contribution in [0.25, 0.3) is 0 Å². The molecule has 2 aromatic carbocycles. The van der Waals surface area contributed by atoms with E-state index in [1.165, 1.54) is 31.4 Å². The van der Waals surface area contributed by atoms with Crippen LogP contribution in [0.2, 0.25) is 0 Å². The van der Waals surface area contributed by atoms with Crippen LogP contribution in [-0.2, 0) is 9.47 Å². The van der Waals surface area contributed by atoms with Crippen molar-refractivity contribution in [3.05, 3.63) is 47.5 Å². The number of phenolic OH excluding ortho intramolecular Hbond substituents is 4. The molecule has 8 nitrogen and oxygen atoms in total. The molecule has 0 aromatic heterocycles. The average Bonchev–Trinajstić information content (AvgIpc) is 2.64. The van der Waals surface area contributed by atoms with E-state index in [1.807, 2.05) is 6.92 Å². The Bertz CT molecular complexity index is 742. The third kappa shape index (κ3) is 7.78. The first-order chi connectivity index (χ1) is 12.3. The van der Waals surface area contributed by atoms with E-state index >= 15 is 0 Å². The molecular formula is C18H21NaO8. The Morgan fingerprint density at radius 1 is 0.926 bits per heavy atom. The third-order valence-electron chi connectivity index (χ3n) is 3.03. The first-order valence-corrected chi connectivity index (χ1v) is 7.59. The minimum absolute atomic E-state index is 0. The Labute approximate surface area is 179 Å². The molecule has 0 radical (unpaired) electrons. The van der Waals surface area contributed by atoms with Crippen LogP contribution in [-0.4, -0.2) is 46.1 Å². The molecule has 0 aliphatic rings. The van der Waals surface area contributed by atoms with E-state index in [-0.39, 0.29) is 48.9 Å². The number of hydrogen-bond donors (Lipinski definition) is 4. The maximum absolute atomic E-state index is 11.3. The van der Waals surface area contributed by atoms with Crippen LogP contribution in [0.1, 0.15) is 35.5 Å². The van der Waals surface area contributed by atoms with Gasteiger partial charge in [-0.25, -0.2) is 9.59 Å². The van der Waals surface area contributed by atoms with Gasteiger partial charge in [-0.1, -0.05) is 6.92 Å². The monoisotopic (exact) mass is 388 g/mol. The van der Waals surface area contributed by atoms with Crippen molar-refractivity contribution in [1.82, 2.24) is 0 Å². The van der Waals surface area contributed by atoms with Crippen LogP contribution < -0.4 is 29.6 Å². The summed E-state index contributed by atoms with van der Waals surface area (Å²) in [5, 5.41) is 36.2. The Morgan fingerprint density at radius 3 is 1.89 bits per heavy atom. The fourth-order valence-corrected chi connectivity index (χ4v) is 1.72. The van der Waals surface area contributed by atoms with E-state index in [4.69, 9.17) is 25.2 Å². The molecule has 0 heterocycles. The molecule has 0 bridgehead atoms. The number of ether oxygens (including phenoxy) is 2. The van der Waals surface area contributed by atoms with Crippen LogP contribution >= 0.6 is 0 Å². The van der Waals surface area contributed by atoms with Gasteiger partial charge in [0.2, 0.25) is 0 Å². The van der Waals surface area contributed by atoms with Gasteiger partial charge in [-0.3, -0.25) is 0 Å². The maximum atomic E-state index is 11.3. The van der Waals surface area contributed by atoms with Gasteiger partial charge in [0.15, 0.2) is 17.2 Å². The van der Waals surface area contributed by atoms with Crippen molar-refractivity contribution >= 4 is 11.9 Å². The summed E-state index contributed by atoms with van der Waals surface area (Å²) >= 11 is 0. The van der Waals surface area contributed by atoms with Gasteiger partial charge >= 0.3 is 41.5 Å². The van der Waals surface area contributed by atoms with Gasteiger partial charge in [-0.05, 0) is 42.8 Å². The van der Waals surface area contributed by atoms with E-state index in [0.717, 1.165) is 12.1 Å². The van der Waals surface area contributed by atoms with E-state index in [0.29, 0.717) is 12.0 Å². The maximum Gasteiger partial charge on any atom is 1.00 e. The summed E-state index contributed by atoms with van der Waals surface area (Å²) in [5.41, 5.74) is 0.432. The number of phenols is 4. The van der Waals surface area contributed by atoms with E-state index in [9.17, 15) is 9.59 Å². The van der Waals surface area contributed by atoms with E-state index in [2.05, 4.69) is 4.74 Å². The zero-order chi connectivity index (χ0) is 19.7. The van der Waals surface area contributed by atoms with Gasteiger partial charge in [0.05, 0.1) is 24.8 Å². The molecule has 0 aliphatic heterocycles. The molecule has 0 saturated carbocycles. The molecule has 0 unspecified atom stereocenters. The number of carbonyl (C=O) groups is 2. The van der Waals surface area contributed by atoms with E-state index < -0.39 is 29.2 Å². The summed E-state index contributed by atoms with van der Waals surface area (Å²) in [6, 6.07) is 7.95. The van der Waals surface area contributed by atoms with Gasteiger partial charge < -0.3 is 31.3 Å². The van der Waals surface area contributed by atoms with Crippen molar-refractivity contribution in [2.75, 3.05) is 13.7 Å².